The number of nitrogens with one attached hydrogen (secondary N) is 2. The average molecular weight is 269 g/mol. The number of aliphatic hydroxyl groups is 1. The molecule has 0 bridgehead atoms. The van der Waals surface area contributed by atoms with Crippen LogP contribution in [0.15, 0.2) is 12.1 Å². The van der Waals surface area contributed by atoms with Gasteiger partial charge in [0.2, 0.25) is 0 Å². The van der Waals surface area contributed by atoms with E-state index in [1.807, 2.05) is 0 Å². The normalized spacial score (nSPS) is 9.89. The number of hydrogen-bond donors (Lipinski definition) is 4. The molecule has 0 spiro atoms. The Morgan fingerprint density at radius 1 is 1.37 bits per heavy atom. The number of carbonyl (C=O) groups is 1. The minimum Gasteiger partial charge on any atom is -0.506 e. The largest absolute Gasteiger partial charge is 0.506 e. The third-order valence-electron chi connectivity index (χ3n) is 2.39. The van der Waals surface area contributed by atoms with Crippen molar-refractivity contribution in [3.8, 4) is 11.5 Å². The molecule has 0 radical (unpaired) electrons. The maximum absolute atomic E-state index is 11.5. The third-order valence-corrected chi connectivity index (χ3v) is 2.39. The molecule has 0 saturated carbocycles. The number of rotatable bonds is 5. The van der Waals surface area contributed by atoms with Gasteiger partial charge in [0.05, 0.1) is 25.1 Å². The van der Waals surface area contributed by atoms with Gasteiger partial charge in [-0.05, 0) is 0 Å². The predicted molar refractivity (Wildman–Crippen MR) is 72.9 cm³/mol. The van der Waals surface area contributed by atoms with Crippen LogP contribution in [0.2, 0.25) is 0 Å². The molecule has 1 aromatic carbocycles. The standard InChI is InChI=1S/C12H19N3O4/c1-15(2)12(18)14-8-7-11(19-3)9(6-10(8)17)13-4-5-16/h6-7,13,16-17H,4-5H2,1-3H3,(H,14,18). The van der Waals surface area contributed by atoms with Crippen LogP contribution in [-0.2, 0) is 0 Å². The van der Waals surface area contributed by atoms with Crippen LogP contribution in [-0.4, -0.2) is 55.5 Å². The second-order valence-corrected chi connectivity index (χ2v) is 4.04. The van der Waals surface area contributed by atoms with E-state index in [4.69, 9.17) is 9.84 Å². The molecular formula is C12H19N3O4. The molecule has 7 heteroatoms. The van der Waals surface area contributed by atoms with Crippen LogP contribution >= 0.6 is 0 Å². The second-order valence-electron chi connectivity index (χ2n) is 4.04. The van der Waals surface area contributed by atoms with Gasteiger partial charge in [-0.2, -0.15) is 0 Å². The lowest BCUT2D eigenvalue weighted by Crippen LogP contribution is -2.27. The summed E-state index contributed by atoms with van der Waals surface area (Å²) in [5, 5.41) is 24.1. The number of nitrogens with zero attached hydrogens (tertiary/aromatic N) is 1. The van der Waals surface area contributed by atoms with Crippen molar-refractivity contribution in [1.29, 1.82) is 0 Å². The van der Waals surface area contributed by atoms with Crippen LogP contribution in [0.4, 0.5) is 16.2 Å². The molecule has 7 nitrogen and oxygen atoms in total. The molecule has 19 heavy (non-hydrogen) atoms. The van der Waals surface area contributed by atoms with Crippen molar-refractivity contribution in [3.05, 3.63) is 12.1 Å². The van der Waals surface area contributed by atoms with Crippen LogP contribution < -0.4 is 15.4 Å². The summed E-state index contributed by atoms with van der Waals surface area (Å²) in [6.45, 7) is 0.294. The zero-order valence-electron chi connectivity index (χ0n) is 11.2. The molecule has 0 fully saturated rings. The summed E-state index contributed by atoms with van der Waals surface area (Å²) in [7, 11) is 4.68. The number of phenols is 1. The molecule has 0 atom stereocenters. The first kappa shape index (κ1) is 14.9. The van der Waals surface area contributed by atoms with Crippen LogP contribution in [0.3, 0.4) is 0 Å². The molecule has 0 aliphatic rings. The van der Waals surface area contributed by atoms with Crippen molar-refractivity contribution < 1.29 is 19.7 Å². The first-order chi connectivity index (χ1) is 8.99. The van der Waals surface area contributed by atoms with Crippen LogP contribution in [0.25, 0.3) is 0 Å². The minimum atomic E-state index is -0.353. The fourth-order valence-electron chi connectivity index (χ4n) is 1.39. The van der Waals surface area contributed by atoms with Crippen LogP contribution in [0.5, 0.6) is 11.5 Å². The van der Waals surface area contributed by atoms with Crippen molar-refractivity contribution >= 4 is 17.4 Å². The van der Waals surface area contributed by atoms with Crippen molar-refractivity contribution in [3.63, 3.8) is 0 Å². The maximum atomic E-state index is 11.5. The van der Waals surface area contributed by atoms with Gasteiger partial charge in [-0.3, -0.25) is 0 Å². The molecule has 0 aliphatic heterocycles. The zero-order chi connectivity index (χ0) is 14.4. The molecule has 4 N–H and O–H groups in total. The lowest BCUT2D eigenvalue weighted by Gasteiger charge is -2.16. The number of aliphatic hydroxyl groups excluding tert-OH is 1. The number of methoxy groups -OCH3 is 1. The Balaban J connectivity index is 2.98. The Morgan fingerprint density at radius 2 is 2.05 bits per heavy atom. The highest BCUT2D eigenvalue weighted by atomic mass is 16.5. The van der Waals surface area contributed by atoms with Crippen molar-refractivity contribution in [2.24, 2.45) is 0 Å². The first-order valence-corrected chi connectivity index (χ1v) is 5.73. The predicted octanol–water partition coefficient (Wildman–Crippen LogP) is 0.898. The Kier molecular flexibility index (Phi) is 5.25. The Labute approximate surface area is 111 Å². The average Bonchev–Trinajstić information content (AvgIpc) is 2.38. The van der Waals surface area contributed by atoms with Crippen molar-refractivity contribution in [1.82, 2.24) is 4.90 Å². The number of carbonyl (C=O) groups excluding carboxylic acids is 1. The van der Waals surface area contributed by atoms with E-state index in [1.165, 1.54) is 24.1 Å². The van der Waals surface area contributed by atoms with Gasteiger partial charge in [-0.15, -0.1) is 0 Å². The Hall–Kier alpha value is -2.15. The molecule has 2 amide bonds. The number of anilines is 2. The summed E-state index contributed by atoms with van der Waals surface area (Å²) in [5.74, 6) is 0.372. The Bertz CT molecular complexity index is 449. The van der Waals surface area contributed by atoms with Crippen molar-refractivity contribution in [2.75, 3.05) is 45.0 Å². The minimum absolute atomic E-state index is 0.0387. The highest BCUT2D eigenvalue weighted by molar-refractivity contribution is 5.91. The number of phenolic OH excluding ortho intramolecular Hbond substituents is 1. The fourth-order valence-corrected chi connectivity index (χ4v) is 1.39. The van der Waals surface area contributed by atoms with E-state index in [-0.39, 0.29) is 24.1 Å². The molecule has 106 valence electrons. The first-order valence-electron chi connectivity index (χ1n) is 5.73. The maximum Gasteiger partial charge on any atom is 0.321 e. The van der Waals surface area contributed by atoms with E-state index in [2.05, 4.69) is 10.6 Å². The highest BCUT2D eigenvalue weighted by Crippen LogP contribution is 2.35. The lowest BCUT2D eigenvalue weighted by atomic mass is 10.2. The van der Waals surface area contributed by atoms with Crippen molar-refractivity contribution in [2.45, 2.75) is 0 Å². The molecule has 0 saturated heterocycles. The molecule has 0 aromatic heterocycles. The fraction of sp³-hybridized carbons (Fsp3) is 0.417. The number of benzene rings is 1. The third kappa shape index (κ3) is 3.92. The van der Waals surface area contributed by atoms with Gasteiger partial charge in [-0.25, -0.2) is 4.79 Å². The van der Waals surface area contributed by atoms with E-state index < -0.39 is 0 Å². The summed E-state index contributed by atoms with van der Waals surface area (Å²) >= 11 is 0. The zero-order valence-corrected chi connectivity index (χ0v) is 11.2. The van der Waals surface area contributed by atoms with Gasteiger partial charge in [0.25, 0.3) is 0 Å². The number of amides is 2. The summed E-state index contributed by atoms with van der Waals surface area (Å²) in [4.78, 5) is 12.9. The van der Waals surface area contributed by atoms with E-state index in [0.29, 0.717) is 18.0 Å². The summed E-state index contributed by atoms with van der Waals surface area (Å²) in [5.41, 5.74) is 0.794. The van der Waals surface area contributed by atoms with E-state index in [1.54, 1.807) is 14.1 Å². The summed E-state index contributed by atoms with van der Waals surface area (Å²) in [6, 6.07) is 2.59. The Morgan fingerprint density at radius 3 is 2.58 bits per heavy atom. The van der Waals surface area contributed by atoms with Gasteiger partial charge >= 0.3 is 6.03 Å². The van der Waals surface area contributed by atoms with Gasteiger partial charge < -0.3 is 30.5 Å². The summed E-state index contributed by atoms with van der Waals surface area (Å²) in [6.07, 6.45) is 0. The quantitative estimate of drug-likeness (QED) is 0.596. The topological polar surface area (TPSA) is 94.1 Å². The van der Waals surface area contributed by atoms with Gasteiger partial charge in [0.1, 0.15) is 11.5 Å². The van der Waals surface area contributed by atoms with Gasteiger partial charge in [0.15, 0.2) is 0 Å². The van der Waals surface area contributed by atoms with Gasteiger partial charge in [-0.1, -0.05) is 0 Å². The molecule has 1 aromatic rings. The van der Waals surface area contributed by atoms with E-state index in [0.717, 1.165) is 0 Å². The monoisotopic (exact) mass is 269 g/mol. The van der Waals surface area contributed by atoms with E-state index in [9.17, 15) is 9.90 Å². The highest BCUT2D eigenvalue weighted by Gasteiger charge is 2.12. The number of ether oxygens (including phenoxy) is 1. The van der Waals surface area contributed by atoms with E-state index >= 15 is 0 Å². The number of hydrogen-bond acceptors (Lipinski definition) is 5. The molecule has 0 aliphatic carbocycles. The molecule has 0 unspecified atom stereocenters. The lowest BCUT2D eigenvalue weighted by molar-refractivity contribution is 0.230. The number of urea groups is 1. The second kappa shape index (κ2) is 6.69. The van der Waals surface area contributed by atoms with Crippen LogP contribution in [0, 0.1) is 0 Å². The molecule has 1 rings (SSSR count). The SMILES string of the molecule is COc1cc(NC(=O)N(C)C)c(O)cc1NCCO. The summed E-state index contributed by atoms with van der Waals surface area (Å²) < 4.78 is 5.16. The van der Waals surface area contributed by atoms with Gasteiger partial charge in [0, 0.05) is 32.8 Å². The molecule has 0 heterocycles. The smallest absolute Gasteiger partial charge is 0.321 e. The van der Waals surface area contributed by atoms with Crippen LogP contribution in [0.1, 0.15) is 0 Å². The molecular weight excluding hydrogens is 250 g/mol. The number of aromatic hydroxyl groups is 1.